The number of nitrogens with one attached hydrogen (secondary N) is 1. The Balaban J connectivity index is 1.75. The van der Waals surface area contributed by atoms with Crippen molar-refractivity contribution in [1.82, 2.24) is 14.6 Å². The van der Waals surface area contributed by atoms with E-state index in [2.05, 4.69) is 15.4 Å². The standard InChI is InChI=1S/C19H18N6/c1-12-15(13-6-8-14(20)9-7-13)10-11-18-23-19(24-25(12)18)22-17-5-3-2-4-16(17)21/h2-11H,20-21H2,1H3,(H,22,24). The first kappa shape index (κ1) is 15.0. The summed E-state index contributed by atoms with van der Waals surface area (Å²) in [5, 5.41) is 7.74. The summed E-state index contributed by atoms with van der Waals surface area (Å²) in [5.41, 5.74) is 17.9. The number of aryl methyl sites for hydroxylation is 1. The lowest BCUT2D eigenvalue weighted by Crippen LogP contribution is -1.99. The molecule has 6 heteroatoms. The van der Waals surface area contributed by atoms with Crippen molar-refractivity contribution in [2.24, 2.45) is 0 Å². The van der Waals surface area contributed by atoms with Crippen LogP contribution in [0.3, 0.4) is 0 Å². The number of rotatable bonds is 3. The maximum absolute atomic E-state index is 5.97. The average molecular weight is 330 g/mol. The lowest BCUT2D eigenvalue weighted by molar-refractivity contribution is 0.921. The van der Waals surface area contributed by atoms with Gasteiger partial charge in [0.1, 0.15) is 0 Å². The van der Waals surface area contributed by atoms with Gasteiger partial charge >= 0.3 is 0 Å². The summed E-state index contributed by atoms with van der Waals surface area (Å²) in [4.78, 5) is 4.52. The third-order valence-corrected chi connectivity index (χ3v) is 4.17. The Hall–Kier alpha value is -3.54. The molecule has 0 atom stereocenters. The van der Waals surface area contributed by atoms with Crippen LogP contribution in [0.15, 0.2) is 60.7 Å². The number of hydrogen-bond acceptors (Lipinski definition) is 5. The fraction of sp³-hybridized carbons (Fsp3) is 0.0526. The van der Waals surface area contributed by atoms with Gasteiger partial charge in [0, 0.05) is 16.9 Å². The molecule has 5 N–H and O–H groups in total. The molecular formula is C19H18N6. The number of benzene rings is 2. The molecule has 25 heavy (non-hydrogen) atoms. The van der Waals surface area contributed by atoms with Crippen LogP contribution in [-0.2, 0) is 0 Å². The van der Waals surface area contributed by atoms with Crippen molar-refractivity contribution in [1.29, 1.82) is 0 Å². The molecule has 2 aromatic heterocycles. The first-order chi connectivity index (χ1) is 12.1. The van der Waals surface area contributed by atoms with Gasteiger partial charge < -0.3 is 16.8 Å². The Morgan fingerprint density at radius 3 is 2.44 bits per heavy atom. The van der Waals surface area contributed by atoms with Gasteiger partial charge in [0.15, 0.2) is 5.65 Å². The van der Waals surface area contributed by atoms with Gasteiger partial charge in [-0.2, -0.15) is 4.98 Å². The molecule has 124 valence electrons. The second-order valence-corrected chi connectivity index (χ2v) is 5.87. The fourth-order valence-electron chi connectivity index (χ4n) is 2.82. The molecule has 4 rings (SSSR count). The first-order valence-electron chi connectivity index (χ1n) is 7.95. The summed E-state index contributed by atoms with van der Waals surface area (Å²) in [6.45, 7) is 2.02. The van der Waals surface area contributed by atoms with Crippen molar-refractivity contribution in [2.75, 3.05) is 16.8 Å². The monoisotopic (exact) mass is 330 g/mol. The highest BCUT2D eigenvalue weighted by Gasteiger charge is 2.11. The predicted molar refractivity (Wildman–Crippen MR) is 102 cm³/mol. The molecule has 0 amide bonds. The highest BCUT2D eigenvalue weighted by Crippen LogP contribution is 2.26. The maximum Gasteiger partial charge on any atom is 0.247 e. The van der Waals surface area contributed by atoms with Crippen molar-refractivity contribution in [3.63, 3.8) is 0 Å². The van der Waals surface area contributed by atoms with Crippen LogP contribution in [0, 0.1) is 6.92 Å². The third kappa shape index (κ3) is 2.74. The Labute approximate surface area is 145 Å². The molecule has 0 fully saturated rings. The molecule has 0 aliphatic carbocycles. The summed E-state index contributed by atoms with van der Waals surface area (Å²) >= 11 is 0. The van der Waals surface area contributed by atoms with Crippen LogP contribution in [0.1, 0.15) is 5.69 Å². The quantitative estimate of drug-likeness (QED) is 0.499. The van der Waals surface area contributed by atoms with Gasteiger partial charge in [0.2, 0.25) is 5.95 Å². The van der Waals surface area contributed by atoms with Gasteiger partial charge in [-0.25, -0.2) is 4.52 Å². The van der Waals surface area contributed by atoms with Crippen LogP contribution in [0.5, 0.6) is 0 Å². The fourth-order valence-corrected chi connectivity index (χ4v) is 2.82. The molecule has 4 aromatic rings. The maximum atomic E-state index is 5.97. The van der Waals surface area contributed by atoms with Crippen molar-refractivity contribution in [2.45, 2.75) is 6.92 Å². The molecule has 0 spiro atoms. The SMILES string of the molecule is Cc1c(-c2ccc(N)cc2)ccc2nc(Nc3ccccc3N)nn12. The number of hydrogen-bond donors (Lipinski definition) is 3. The molecular weight excluding hydrogens is 312 g/mol. The van der Waals surface area contributed by atoms with Gasteiger partial charge in [-0.1, -0.05) is 24.3 Å². The topological polar surface area (TPSA) is 94.3 Å². The van der Waals surface area contributed by atoms with Gasteiger partial charge in [0.05, 0.1) is 11.4 Å². The molecule has 0 saturated carbocycles. The summed E-state index contributed by atoms with van der Waals surface area (Å²) in [6, 6.07) is 19.3. The summed E-state index contributed by atoms with van der Waals surface area (Å²) in [7, 11) is 0. The zero-order valence-electron chi connectivity index (χ0n) is 13.8. The van der Waals surface area contributed by atoms with E-state index in [0.717, 1.165) is 33.8 Å². The minimum absolute atomic E-state index is 0.510. The molecule has 6 nitrogen and oxygen atoms in total. The summed E-state index contributed by atoms with van der Waals surface area (Å²) in [6.07, 6.45) is 0. The smallest absolute Gasteiger partial charge is 0.247 e. The number of aromatic nitrogens is 3. The molecule has 0 radical (unpaired) electrons. The largest absolute Gasteiger partial charge is 0.399 e. The van der Waals surface area contributed by atoms with Gasteiger partial charge in [-0.05, 0) is 48.9 Å². The van der Waals surface area contributed by atoms with E-state index in [1.54, 1.807) is 0 Å². The average Bonchev–Trinajstić information content (AvgIpc) is 3.02. The predicted octanol–water partition coefficient (Wildman–Crippen LogP) is 3.61. The van der Waals surface area contributed by atoms with E-state index in [4.69, 9.17) is 11.5 Å². The Morgan fingerprint density at radius 2 is 1.68 bits per heavy atom. The third-order valence-electron chi connectivity index (χ3n) is 4.17. The van der Waals surface area contributed by atoms with Gasteiger partial charge in [-0.15, -0.1) is 5.10 Å². The normalized spacial score (nSPS) is 10.9. The van der Waals surface area contributed by atoms with Crippen LogP contribution >= 0.6 is 0 Å². The highest BCUT2D eigenvalue weighted by atomic mass is 15.4. The van der Waals surface area contributed by atoms with Crippen molar-refractivity contribution >= 4 is 28.7 Å². The molecule has 2 heterocycles. The number of nitrogens with two attached hydrogens (primary N) is 2. The Kier molecular flexibility index (Phi) is 3.50. The summed E-state index contributed by atoms with van der Waals surface area (Å²) < 4.78 is 1.83. The van der Waals surface area contributed by atoms with E-state index >= 15 is 0 Å². The minimum atomic E-state index is 0.510. The molecule has 0 aliphatic rings. The number of anilines is 4. The summed E-state index contributed by atoms with van der Waals surface area (Å²) in [5.74, 6) is 0.510. The van der Waals surface area contributed by atoms with Crippen LogP contribution in [0.4, 0.5) is 23.0 Å². The lowest BCUT2D eigenvalue weighted by Gasteiger charge is -2.07. The molecule has 2 aromatic carbocycles. The van der Waals surface area contributed by atoms with Crippen LogP contribution in [0.25, 0.3) is 16.8 Å². The molecule has 0 unspecified atom stereocenters. The molecule has 0 saturated heterocycles. The minimum Gasteiger partial charge on any atom is -0.399 e. The van der Waals surface area contributed by atoms with Crippen LogP contribution in [0.2, 0.25) is 0 Å². The van der Waals surface area contributed by atoms with Crippen molar-refractivity contribution in [3.05, 3.63) is 66.4 Å². The van der Waals surface area contributed by atoms with E-state index in [1.165, 1.54) is 0 Å². The molecule has 0 bridgehead atoms. The van der Waals surface area contributed by atoms with E-state index in [0.29, 0.717) is 11.6 Å². The Bertz CT molecular complexity index is 1050. The van der Waals surface area contributed by atoms with Gasteiger partial charge in [-0.3, -0.25) is 0 Å². The number of fused-ring (bicyclic) bond motifs is 1. The second-order valence-electron chi connectivity index (χ2n) is 5.87. The number of para-hydroxylation sites is 2. The number of nitrogen functional groups attached to an aromatic ring is 2. The first-order valence-corrected chi connectivity index (χ1v) is 7.95. The van der Waals surface area contributed by atoms with Gasteiger partial charge in [0.25, 0.3) is 0 Å². The van der Waals surface area contributed by atoms with E-state index in [1.807, 2.05) is 72.1 Å². The second kappa shape index (κ2) is 5.83. The zero-order chi connectivity index (χ0) is 17.4. The van der Waals surface area contributed by atoms with Crippen molar-refractivity contribution < 1.29 is 0 Å². The van der Waals surface area contributed by atoms with E-state index in [9.17, 15) is 0 Å². The van der Waals surface area contributed by atoms with E-state index in [-0.39, 0.29) is 0 Å². The Morgan fingerprint density at radius 1 is 0.920 bits per heavy atom. The van der Waals surface area contributed by atoms with E-state index < -0.39 is 0 Å². The number of pyridine rings is 1. The lowest BCUT2D eigenvalue weighted by atomic mass is 10.0. The highest BCUT2D eigenvalue weighted by molar-refractivity contribution is 5.72. The van der Waals surface area contributed by atoms with Crippen LogP contribution < -0.4 is 16.8 Å². The molecule has 0 aliphatic heterocycles. The zero-order valence-corrected chi connectivity index (χ0v) is 13.8. The number of nitrogens with zero attached hydrogens (tertiary/aromatic N) is 3. The van der Waals surface area contributed by atoms with Crippen LogP contribution in [-0.4, -0.2) is 14.6 Å². The van der Waals surface area contributed by atoms with Crippen molar-refractivity contribution in [3.8, 4) is 11.1 Å².